The molecule has 0 heterocycles. The highest BCUT2D eigenvalue weighted by molar-refractivity contribution is 5.83. The summed E-state index contributed by atoms with van der Waals surface area (Å²) in [6, 6.07) is 4.36. The van der Waals surface area contributed by atoms with Crippen LogP contribution in [-0.2, 0) is 21.5 Å². The van der Waals surface area contributed by atoms with Gasteiger partial charge in [-0.25, -0.2) is 9.18 Å². The number of benzene rings is 1. The third-order valence-electron chi connectivity index (χ3n) is 2.89. The predicted molar refractivity (Wildman–Crippen MR) is 52.6 cm³/mol. The van der Waals surface area contributed by atoms with E-state index in [1.807, 2.05) is 0 Å². The van der Waals surface area contributed by atoms with Crippen LogP contribution in [0.15, 0.2) is 18.2 Å². The topological polar surface area (TPSA) is 52.3 Å². The van der Waals surface area contributed by atoms with E-state index in [0.717, 1.165) is 5.56 Å². The van der Waals surface area contributed by atoms with Gasteiger partial charge < -0.3 is 10.5 Å². The van der Waals surface area contributed by atoms with Crippen LogP contribution >= 0.6 is 0 Å². The minimum absolute atomic E-state index is 0.380. The molecule has 0 saturated carbocycles. The summed E-state index contributed by atoms with van der Waals surface area (Å²) in [5, 5.41) is 0. The monoisotopic (exact) mass is 209 g/mol. The smallest absolute Gasteiger partial charge is 0.330 e. The van der Waals surface area contributed by atoms with Crippen LogP contribution in [0.4, 0.5) is 4.39 Å². The summed E-state index contributed by atoms with van der Waals surface area (Å²) < 4.78 is 17.7. The quantitative estimate of drug-likeness (QED) is 0.704. The Morgan fingerprint density at radius 3 is 3.00 bits per heavy atom. The second-order valence-corrected chi connectivity index (χ2v) is 3.76. The van der Waals surface area contributed by atoms with Crippen LogP contribution in [0, 0.1) is 5.82 Å². The number of ether oxygens (including phenoxy) is 1. The maximum absolute atomic E-state index is 13.1. The van der Waals surface area contributed by atoms with E-state index in [0.29, 0.717) is 18.4 Å². The Kier molecular flexibility index (Phi) is 2.23. The second kappa shape index (κ2) is 3.31. The van der Waals surface area contributed by atoms with E-state index >= 15 is 0 Å². The van der Waals surface area contributed by atoms with Crippen molar-refractivity contribution in [1.82, 2.24) is 0 Å². The van der Waals surface area contributed by atoms with Gasteiger partial charge in [0.15, 0.2) is 0 Å². The molecule has 1 aliphatic rings. The number of carbonyl (C=O) groups is 1. The Bertz CT molecular complexity index is 419. The summed E-state index contributed by atoms with van der Waals surface area (Å²) in [5.74, 6) is -0.888. The predicted octanol–water partition coefficient (Wildman–Crippen LogP) is 1.10. The van der Waals surface area contributed by atoms with Gasteiger partial charge >= 0.3 is 5.97 Å². The number of methoxy groups -OCH3 is 1. The highest BCUT2D eigenvalue weighted by atomic mass is 19.1. The van der Waals surface area contributed by atoms with Crippen LogP contribution in [-0.4, -0.2) is 13.1 Å². The molecule has 1 aliphatic carbocycles. The van der Waals surface area contributed by atoms with Crippen LogP contribution < -0.4 is 5.73 Å². The van der Waals surface area contributed by atoms with Gasteiger partial charge in [-0.2, -0.15) is 0 Å². The van der Waals surface area contributed by atoms with Crippen LogP contribution in [0.25, 0.3) is 0 Å². The van der Waals surface area contributed by atoms with E-state index in [4.69, 9.17) is 5.73 Å². The van der Waals surface area contributed by atoms with Crippen molar-refractivity contribution in [1.29, 1.82) is 0 Å². The van der Waals surface area contributed by atoms with Gasteiger partial charge in [0, 0.05) is 0 Å². The van der Waals surface area contributed by atoms with E-state index in [1.54, 1.807) is 6.07 Å². The number of esters is 1. The fourth-order valence-electron chi connectivity index (χ4n) is 2.04. The number of carbonyl (C=O) groups excluding carboxylic acids is 1. The van der Waals surface area contributed by atoms with Gasteiger partial charge in [0.05, 0.1) is 7.11 Å². The molecule has 0 fully saturated rings. The Morgan fingerprint density at radius 1 is 1.60 bits per heavy atom. The molecule has 0 aromatic heterocycles. The van der Waals surface area contributed by atoms with Crippen molar-refractivity contribution in [3.63, 3.8) is 0 Å². The Labute approximate surface area is 87.0 Å². The van der Waals surface area contributed by atoms with Gasteiger partial charge in [-0.3, -0.25) is 0 Å². The summed E-state index contributed by atoms with van der Waals surface area (Å²) in [6.07, 6.45) is 1.15. The van der Waals surface area contributed by atoms with E-state index in [-0.39, 0.29) is 5.82 Å². The van der Waals surface area contributed by atoms with Gasteiger partial charge in [-0.05, 0) is 36.1 Å². The Morgan fingerprint density at radius 2 is 2.33 bits per heavy atom. The van der Waals surface area contributed by atoms with E-state index in [1.165, 1.54) is 19.2 Å². The highest BCUT2D eigenvalue weighted by Crippen LogP contribution is 2.36. The fourth-order valence-corrected chi connectivity index (χ4v) is 2.04. The van der Waals surface area contributed by atoms with Crippen LogP contribution in [0.5, 0.6) is 0 Å². The number of aryl methyl sites for hydroxylation is 1. The molecule has 1 atom stereocenters. The summed E-state index contributed by atoms with van der Waals surface area (Å²) in [6.45, 7) is 0. The summed E-state index contributed by atoms with van der Waals surface area (Å²) in [7, 11) is 1.29. The molecule has 4 heteroatoms. The average Bonchev–Trinajstić information content (AvgIpc) is 2.57. The molecule has 0 spiro atoms. The fraction of sp³-hybridized carbons (Fsp3) is 0.364. The number of rotatable bonds is 1. The Hall–Kier alpha value is -1.42. The zero-order chi connectivity index (χ0) is 11.1. The SMILES string of the molecule is COC(=O)C1(N)CCc2ccc(F)cc21. The largest absolute Gasteiger partial charge is 0.467 e. The summed E-state index contributed by atoms with van der Waals surface area (Å²) in [4.78, 5) is 11.5. The molecule has 1 aromatic rings. The second-order valence-electron chi connectivity index (χ2n) is 3.76. The lowest BCUT2D eigenvalue weighted by Crippen LogP contribution is -2.43. The van der Waals surface area contributed by atoms with Crippen molar-refractivity contribution in [2.75, 3.05) is 7.11 Å². The van der Waals surface area contributed by atoms with Crippen molar-refractivity contribution in [3.8, 4) is 0 Å². The first-order valence-corrected chi connectivity index (χ1v) is 4.74. The van der Waals surface area contributed by atoms with Crippen molar-refractivity contribution < 1.29 is 13.9 Å². The maximum atomic E-state index is 13.1. The highest BCUT2D eigenvalue weighted by Gasteiger charge is 2.43. The van der Waals surface area contributed by atoms with Crippen molar-refractivity contribution in [3.05, 3.63) is 35.1 Å². The first-order valence-electron chi connectivity index (χ1n) is 4.74. The van der Waals surface area contributed by atoms with Crippen molar-refractivity contribution in [2.45, 2.75) is 18.4 Å². The molecule has 0 radical (unpaired) electrons. The normalized spacial score (nSPS) is 23.7. The van der Waals surface area contributed by atoms with Gasteiger partial charge in [0.1, 0.15) is 11.4 Å². The van der Waals surface area contributed by atoms with Crippen LogP contribution in [0.1, 0.15) is 17.5 Å². The van der Waals surface area contributed by atoms with Gasteiger partial charge in [-0.1, -0.05) is 6.07 Å². The van der Waals surface area contributed by atoms with Crippen molar-refractivity contribution >= 4 is 5.97 Å². The van der Waals surface area contributed by atoms with Crippen molar-refractivity contribution in [2.24, 2.45) is 5.73 Å². The summed E-state index contributed by atoms with van der Waals surface area (Å²) in [5.41, 5.74) is 6.25. The van der Waals surface area contributed by atoms with E-state index in [2.05, 4.69) is 4.74 Å². The molecular weight excluding hydrogens is 197 g/mol. The van der Waals surface area contributed by atoms with Gasteiger partial charge in [0.2, 0.25) is 0 Å². The molecule has 2 rings (SSSR count). The lowest BCUT2D eigenvalue weighted by molar-refractivity contribution is -0.147. The molecule has 3 nitrogen and oxygen atoms in total. The minimum atomic E-state index is -1.17. The number of halogens is 1. The first kappa shape index (κ1) is 10.1. The molecular formula is C11H12FNO2. The molecule has 1 aromatic carbocycles. The Balaban J connectivity index is 2.51. The number of fused-ring (bicyclic) bond motifs is 1. The molecule has 2 N–H and O–H groups in total. The zero-order valence-electron chi connectivity index (χ0n) is 8.42. The number of nitrogens with two attached hydrogens (primary N) is 1. The molecule has 15 heavy (non-hydrogen) atoms. The maximum Gasteiger partial charge on any atom is 0.330 e. The first-order chi connectivity index (χ1) is 7.08. The lowest BCUT2D eigenvalue weighted by Gasteiger charge is -2.21. The molecule has 1 unspecified atom stereocenters. The van der Waals surface area contributed by atoms with Gasteiger partial charge in [-0.15, -0.1) is 0 Å². The molecule has 0 amide bonds. The van der Waals surface area contributed by atoms with Crippen LogP contribution in [0.3, 0.4) is 0 Å². The number of hydrogen-bond donors (Lipinski definition) is 1. The third-order valence-corrected chi connectivity index (χ3v) is 2.89. The zero-order valence-corrected chi connectivity index (χ0v) is 8.42. The third kappa shape index (κ3) is 1.41. The number of hydrogen-bond acceptors (Lipinski definition) is 3. The molecule has 80 valence electrons. The van der Waals surface area contributed by atoms with E-state index < -0.39 is 11.5 Å². The average molecular weight is 209 g/mol. The molecule has 0 aliphatic heterocycles. The van der Waals surface area contributed by atoms with E-state index in [9.17, 15) is 9.18 Å². The summed E-state index contributed by atoms with van der Waals surface area (Å²) >= 11 is 0. The van der Waals surface area contributed by atoms with Gasteiger partial charge in [0.25, 0.3) is 0 Å². The lowest BCUT2D eigenvalue weighted by atomic mass is 9.93. The minimum Gasteiger partial charge on any atom is -0.467 e. The molecule has 0 saturated heterocycles. The standard InChI is InChI=1S/C11H12FNO2/c1-15-10(14)11(13)5-4-7-2-3-8(12)6-9(7)11/h2-3,6H,4-5,13H2,1H3. The van der Waals surface area contributed by atoms with Crippen LogP contribution in [0.2, 0.25) is 0 Å². The molecule has 0 bridgehead atoms.